The lowest BCUT2D eigenvalue weighted by Gasteiger charge is -2.31. The topological polar surface area (TPSA) is 62.7 Å². The van der Waals surface area contributed by atoms with E-state index in [1.54, 1.807) is 24.8 Å². The van der Waals surface area contributed by atoms with Crippen LogP contribution in [0.25, 0.3) is 0 Å². The zero-order valence-electron chi connectivity index (χ0n) is 11.9. The van der Waals surface area contributed by atoms with Crippen molar-refractivity contribution in [2.45, 2.75) is 33.4 Å². The van der Waals surface area contributed by atoms with Gasteiger partial charge in [-0.25, -0.2) is 4.98 Å². The van der Waals surface area contributed by atoms with Crippen LogP contribution in [-0.4, -0.2) is 26.5 Å². The van der Waals surface area contributed by atoms with Crippen LogP contribution in [0.5, 0.6) is 0 Å². The number of imidazole rings is 1. The number of aromatic nitrogens is 3. The third kappa shape index (κ3) is 3.63. The summed E-state index contributed by atoms with van der Waals surface area (Å²) in [5, 5.41) is 3.57. The second-order valence-electron chi connectivity index (χ2n) is 5.88. The highest BCUT2D eigenvalue weighted by molar-refractivity contribution is 6.30. The van der Waals surface area contributed by atoms with Crippen LogP contribution in [0.15, 0.2) is 31.0 Å². The van der Waals surface area contributed by atoms with E-state index < -0.39 is 0 Å². The number of halogens is 1. The molecule has 20 heavy (non-hydrogen) atoms. The first-order valence-corrected chi connectivity index (χ1v) is 6.84. The average molecular weight is 295 g/mol. The van der Waals surface area contributed by atoms with Gasteiger partial charge in [0.15, 0.2) is 0 Å². The second kappa shape index (κ2) is 5.71. The molecule has 0 aromatic carbocycles. The summed E-state index contributed by atoms with van der Waals surface area (Å²) in [4.78, 5) is 19.1. The van der Waals surface area contributed by atoms with E-state index in [1.807, 2.05) is 10.8 Å². The molecule has 0 bridgehead atoms. The van der Waals surface area contributed by atoms with E-state index in [0.29, 0.717) is 17.3 Å². The van der Waals surface area contributed by atoms with E-state index in [9.17, 15) is 4.79 Å². The number of carbonyl (C=O) groups is 1. The minimum atomic E-state index is -0.156. The number of nitrogens with zero attached hydrogens (tertiary/aromatic N) is 2. The van der Waals surface area contributed by atoms with Crippen molar-refractivity contribution >= 4 is 17.5 Å². The molecular formula is C14H19ClN4O. The number of rotatable bonds is 4. The predicted molar refractivity (Wildman–Crippen MR) is 78.7 cm³/mol. The number of hydrogen-bond acceptors (Lipinski definition) is 2. The summed E-state index contributed by atoms with van der Waals surface area (Å²) in [6.07, 6.45) is 6.96. The number of amides is 1. The van der Waals surface area contributed by atoms with Crippen molar-refractivity contribution in [3.05, 3.63) is 41.7 Å². The maximum atomic E-state index is 12.2. The molecule has 0 aliphatic rings. The Kier molecular flexibility index (Phi) is 4.18. The molecule has 5 nitrogen and oxygen atoms in total. The summed E-state index contributed by atoms with van der Waals surface area (Å²) < 4.78 is 1.96. The summed E-state index contributed by atoms with van der Waals surface area (Å²) in [7, 11) is 0. The summed E-state index contributed by atoms with van der Waals surface area (Å²) in [5.41, 5.74) is 0.394. The van der Waals surface area contributed by atoms with Crippen LogP contribution in [0.1, 0.15) is 31.3 Å². The monoisotopic (exact) mass is 294 g/mol. The molecule has 1 atom stereocenters. The van der Waals surface area contributed by atoms with Gasteiger partial charge in [0.05, 0.1) is 17.4 Å². The van der Waals surface area contributed by atoms with Gasteiger partial charge in [0.2, 0.25) is 0 Å². The molecule has 0 aliphatic heterocycles. The molecule has 0 aliphatic carbocycles. The van der Waals surface area contributed by atoms with Crippen LogP contribution in [-0.2, 0) is 6.54 Å². The van der Waals surface area contributed by atoms with Gasteiger partial charge in [-0.3, -0.25) is 4.79 Å². The van der Waals surface area contributed by atoms with Crippen molar-refractivity contribution in [3.63, 3.8) is 0 Å². The molecule has 0 fully saturated rings. The fraction of sp³-hybridized carbons (Fsp3) is 0.429. The van der Waals surface area contributed by atoms with E-state index in [0.717, 1.165) is 0 Å². The summed E-state index contributed by atoms with van der Waals surface area (Å²) in [5.74, 6) is -0.156. The molecule has 0 unspecified atom stereocenters. The molecule has 0 saturated heterocycles. The molecule has 2 N–H and O–H groups in total. The third-order valence-corrected chi connectivity index (χ3v) is 3.41. The van der Waals surface area contributed by atoms with E-state index in [4.69, 9.17) is 11.6 Å². The molecule has 2 heterocycles. The molecule has 2 rings (SSSR count). The SMILES string of the molecule is CC(C)(C)[C@H](Cn1ccnc1)NC(=O)c1cc(Cl)c[nH]1. The fourth-order valence-corrected chi connectivity index (χ4v) is 2.04. The Balaban J connectivity index is 2.10. The molecule has 6 heteroatoms. The Labute approximate surface area is 123 Å². The number of H-pyrrole nitrogens is 1. The van der Waals surface area contributed by atoms with Crippen molar-refractivity contribution in [2.24, 2.45) is 5.41 Å². The van der Waals surface area contributed by atoms with Gasteiger partial charge in [-0.2, -0.15) is 0 Å². The van der Waals surface area contributed by atoms with E-state index in [-0.39, 0.29) is 17.4 Å². The van der Waals surface area contributed by atoms with E-state index >= 15 is 0 Å². The highest BCUT2D eigenvalue weighted by Crippen LogP contribution is 2.21. The maximum absolute atomic E-state index is 12.2. The Hall–Kier alpha value is -1.75. The Morgan fingerprint density at radius 3 is 2.80 bits per heavy atom. The zero-order valence-corrected chi connectivity index (χ0v) is 12.6. The Morgan fingerprint density at radius 2 is 2.30 bits per heavy atom. The quantitative estimate of drug-likeness (QED) is 0.911. The van der Waals surface area contributed by atoms with Crippen molar-refractivity contribution in [3.8, 4) is 0 Å². The number of nitrogens with one attached hydrogen (secondary N) is 2. The van der Waals surface area contributed by atoms with Gasteiger partial charge in [-0.05, 0) is 11.5 Å². The molecule has 1 amide bonds. The van der Waals surface area contributed by atoms with Gasteiger partial charge in [-0.15, -0.1) is 0 Å². The summed E-state index contributed by atoms with van der Waals surface area (Å²) >= 11 is 5.82. The predicted octanol–water partition coefficient (Wildman–Crippen LogP) is 2.71. The van der Waals surface area contributed by atoms with Crippen LogP contribution in [0.4, 0.5) is 0 Å². The first-order chi connectivity index (χ1) is 9.36. The molecule has 0 spiro atoms. The Bertz CT molecular complexity index is 568. The second-order valence-corrected chi connectivity index (χ2v) is 6.32. The highest BCUT2D eigenvalue weighted by atomic mass is 35.5. The molecular weight excluding hydrogens is 276 g/mol. The van der Waals surface area contributed by atoms with Gasteiger partial charge >= 0.3 is 0 Å². The van der Waals surface area contributed by atoms with E-state index in [1.165, 1.54) is 0 Å². The third-order valence-electron chi connectivity index (χ3n) is 3.20. The highest BCUT2D eigenvalue weighted by Gasteiger charge is 2.27. The first kappa shape index (κ1) is 14.7. The summed E-state index contributed by atoms with van der Waals surface area (Å²) in [6.45, 7) is 6.95. The van der Waals surface area contributed by atoms with Crippen LogP contribution in [0.2, 0.25) is 5.02 Å². The van der Waals surface area contributed by atoms with Gasteiger partial charge in [0.1, 0.15) is 5.69 Å². The standard InChI is InChI=1S/C14H19ClN4O/c1-14(2,3)12(8-19-5-4-16-9-19)18-13(20)11-6-10(15)7-17-11/h4-7,9,12,17H,8H2,1-3H3,(H,18,20)/t12-/m0/s1. The minimum Gasteiger partial charge on any atom is -0.356 e. The molecule has 2 aromatic rings. The fourth-order valence-electron chi connectivity index (χ4n) is 1.88. The van der Waals surface area contributed by atoms with Gasteiger partial charge in [0.25, 0.3) is 5.91 Å². The lowest BCUT2D eigenvalue weighted by Crippen LogP contribution is -2.46. The molecule has 2 aromatic heterocycles. The van der Waals surface area contributed by atoms with Gasteiger partial charge in [0, 0.05) is 25.1 Å². The van der Waals surface area contributed by atoms with Crippen LogP contribution in [0, 0.1) is 5.41 Å². The lowest BCUT2D eigenvalue weighted by atomic mass is 9.86. The molecule has 0 radical (unpaired) electrons. The van der Waals surface area contributed by atoms with Crippen molar-refractivity contribution in [2.75, 3.05) is 0 Å². The van der Waals surface area contributed by atoms with E-state index in [2.05, 4.69) is 36.1 Å². The Morgan fingerprint density at radius 1 is 1.55 bits per heavy atom. The largest absolute Gasteiger partial charge is 0.356 e. The normalized spacial score (nSPS) is 13.2. The average Bonchev–Trinajstić information content (AvgIpc) is 2.98. The molecule has 108 valence electrons. The molecule has 0 saturated carbocycles. The minimum absolute atomic E-state index is 0.0220. The van der Waals surface area contributed by atoms with Crippen molar-refractivity contribution < 1.29 is 4.79 Å². The lowest BCUT2D eigenvalue weighted by molar-refractivity contribution is 0.0888. The van der Waals surface area contributed by atoms with Gasteiger partial charge in [-0.1, -0.05) is 32.4 Å². The van der Waals surface area contributed by atoms with Crippen molar-refractivity contribution in [1.29, 1.82) is 0 Å². The smallest absolute Gasteiger partial charge is 0.268 e. The van der Waals surface area contributed by atoms with Crippen LogP contribution < -0.4 is 5.32 Å². The number of hydrogen-bond donors (Lipinski definition) is 2. The first-order valence-electron chi connectivity index (χ1n) is 6.47. The van der Waals surface area contributed by atoms with Crippen LogP contribution in [0.3, 0.4) is 0 Å². The van der Waals surface area contributed by atoms with Crippen molar-refractivity contribution in [1.82, 2.24) is 19.9 Å². The zero-order chi connectivity index (χ0) is 14.8. The van der Waals surface area contributed by atoms with Crippen LogP contribution >= 0.6 is 11.6 Å². The summed E-state index contributed by atoms with van der Waals surface area (Å²) in [6, 6.07) is 1.60. The number of aromatic amines is 1. The van der Waals surface area contributed by atoms with Gasteiger partial charge < -0.3 is 14.9 Å². The number of carbonyl (C=O) groups excluding carboxylic acids is 1. The maximum Gasteiger partial charge on any atom is 0.268 e.